The minimum absolute atomic E-state index is 0.0895. The Kier molecular flexibility index (Phi) is 7.29. The van der Waals surface area contributed by atoms with Crippen LogP contribution in [0.2, 0.25) is 0 Å². The molecule has 0 saturated carbocycles. The normalized spacial score (nSPS) is 12.6. The summed E-state index contributed by atoms with van der Waals surface area (Å²) in [7, 11) is 0. The first-order chi connectivity index (χ1) is 13.8. The maximum Gasteiger partial charge on any atom is 0.282 e. The van der Waals surface area contributed by atoms with Crippen molar-refractivity contribution in [1.29, 1.82) is 0 Å². The summed E-state index contributed by atoms with van der Waals surface area (Å²) < 4.78 is 9.47. The van der Waals surface area contributed by atoms with Crippen molar-refractivity contribution in [2.24, 2.45) is 5.10 Å². The molecule has 0 aliphatic carbocycles. The minimum Gasteiger partial charge on any atom is -0.492 e. The van der Waals surface area contributed by atoms with Gasteiger partial charge < -0.3 is 4.74 Å². The molecule has 0 aliphatic rings. The summed E-state index contributed by atoms with van der Waals surface area (Å²) in [6.07, 6.45) is 2.51. The molecule has 152 valence electrons. The monoisotopic (exact) mass is 583 g/mol. The maximum absolute atomic E-state index is 13.2. The van der Waals surface area contributed by atoms with E-state index in [1.54, 1.807) is 12.3 Å². The van der Waals surface area contributed by atoms with Crippen molar-refractivity contribution in [3.05, 3.63) is 65.5 Å². The Bertz CT molecular complexity index is 1120. The van der Waals surface area contributed by atoms with Crippen LogP contribution in [-0.4, -0.2) is 22.5 Å². The Morgan fingerprint density at radius 3 is 2.48 bits per heavy atom. The Morgan fingerprint density at radius 2 is 1.86 bits per heavy atom. The topological polar surface area (TPSA) is 56.5 Å². The minimum atomic E-state index is -0.188. The molecule has 0 N–H and O–H groups in total. The zero-order chi connectivity index (χ0) is 21.1. The molecule has 0 aliphatic heterocycles. The number of fused-ring (bicyclic) bond motifs is 1. The number of hydrogen-bond donors (Lipinski definition) is 0. The lowest BCUT2D eigenvalue weighted by Gasteiger charge is -2.14. The number of aromatic nitrogens is 2. The van der Waals surface area contributed by atoms with Gasteiger partial charge in [-0.2, -0.15) is 9.78 Å². The Hall–Kier alpha value is -1.51. The zero-order valence-electron chi connectivity index (χ0n) is 16.2. The first-order valence-electron chi connectivity index (χ1n) is 9.24. The van der Waals surface area contributed by atoms with Crippen LogP contribution in [0.25, 0.3) is 10.9 Å². The molecule has 29 heavy (non-hydrogen) atoms. The third-order valence-corrected chi connectivity index (χ3v) is 6.19. The van der Waals surface area contributed by atoms with Crippen LogP contribution in [0.5, 0.6) is 5.75 Å². The average Bonchev–Trinajstić information content (AvgIpc) is 2.69. The van der Waals surface area contributed by atoms with Gasteiger partial charge in [-0.3, -0.25) is 4.79 Å². The van der Waals surface area contributed by atoms with Gasteiger partial charge in [0.25, 0.3) is 5.56 Å². The molecule has 0 amide bonds. The van der Waals surface area contributed by atoms with Crippen LogP contribution in [0, 0.1) is 0 Å². The molecule has 0 fully saturated rings. The third kappa shape index (κ3) is 4.81. The van der Waals surface area contributed by atoms with Crippen LogP contribution in [0.3, 0.4) is 0 Å². The molecule has 0 saturated heterocycles. The maximum atomic E-state index is 13.2. The van der Waals surface area contributed by atoms with Crippen molar-refractivity contribution in [3.63, 3.8) is 0 Å². The summed E-state index contributed by atoms with van der Waals surface area (Å²) in [6, 6.07) is 9.32. The van der Waals surface area contributed by atoms with Crippen molar-refractivity contribution in [1.82, 2.24) is 9.66 Å². The van der Waals surface area contributed by atoms with E-state index in [9.17, 15) is 4.79 Å². The molecule has 1 aromatic heterocycles. The highest BCUT2D eigenvalue weighted by Gasteiger charge is 2.16. The second-order valence-electron chi connectivity index (χ2n) is 6.55. The third-order valence-electron chi connectivity index (χ3n) is 4.52. The van der Waals surface area contributed by atoms with Crippen LogP contribution in [0.1, 0.15) is 44.5 Å². The molecule has 2 aromatic carbocycles. The molecule has 8 heteroatoms. The van der Waals surface area contributed by atoms with Crippen molar-refractivity contribution < 1.29 is 4.74 Å². The molecule has 1 atom stereocenters. The van der Waals surface area contributed by atoms with Gasteiger partial charge in [0.15, 0.2) is 0 Å². The van der Waals surface area contributed by atoms with Crippen LogP contribution in [-0.2, 0) is 0 Å². The lowest BCUT2D eigenvalue weighted by atomic mass is 10.1. The summed E-state index contributed by atoms with van der Waals surface area (Å²) in [4.78, 5) is 17.9. The van der Waals surface area contributed by atoms with E-state index in [4.69, 9.17) is 9.72 Å². The van der Waals surface area contributed by atoms with Gasteiger partial charge in [0.05, 0.1) is 32.7 Å². The largest absolute Gasteiger partial charge is 0.492 e. The van der Waals surface area contributed by atoms with Gasteiger partial charge in [-0.05, 0) is 81.1 Å². The second-order valence-corrected chi connectivity index (χ2v) is 9.17. The standard InChI is InChI=1S/C21H20Br3N3O2/c1-4-12(3)20-26-18-7-6-14(22)10-15(18)21(28)27(20)25-11-13-8-16(23)19(29-5-2)17(24)9-13/h6-12H,4-5H2,1-3H3/t12-/m0/s1. The van der Waals surface area contributed by atoms with Crippen molar-refractivity contribution in [2.75, 3.05) is 6.61 Å². The lowest BCUT2D eigenvalue weighted by molar-refractivity contribution is 0.336. The van der Waals surface area contributed by atoms with Gasteiger partial charge in [0, 0.05) is 10.4 Å². The molecular weight excluding hydrogens is 566 g/mol. The molecule has 3 aromatic rings. The summed E-state index contributed by atoms with van der Waals surface area (Å²) in [5, 5.41) is 5.03. The number of halogens is 3. The van der Waals surface area contributed by atoms with Gasteiger partial charge in [-0.15, -0.1) is 0 Å². The van der Waals surface area contributed by atoms with E-state index >= 15 is 0 Å². The molecule has 1 heterocycles. The van der Waals surface area contributed by atoms with E-state index in [0.717, 1.165) is 31.2 Å². The van der Waals surface area contributed by atoms with Crippen molar-refractivity contribution in [2.45, 2.75) is 33.1 Å². The Balaban J connectivity index is 2.13. The first-order valence-corrected chi connectivity index (χ1v) is 11.6. The van der Waals surface area contributed by atoms with Crippen LogP contribution in [0.4, 0.5) is 0 Å². The zero-order valence-corrected chi connectivity index (χ0v) is 21.0. The summed E-state index contributed by atoms with van der Waals surface area (Å²) in [5.74, 6) is 1.47. The number of benzene rings is 2. The number of nitrogens with zero attached hydrogens (tertiary/aromatic N) is 3. The Labute approximate surface area is 194 Å². The van der Waals surface area contributed by atoms with Gasteiger partial charge in [-0.25, -0.2) is 4.98 Å². The van der Waals surface area contributed by atoms with Gasteiger partial charge in [0.2, 0.25) is 0 Å². The van der Waals surface area contributed by atoms with E-state index < -0.39 is 0 Å². The molecular formula is C21H20Br3N3O2. The van der Waals surface area contributed by atoms with E-state index in [1.165, 1.54) is 4.68 Å². The number of ether oxygens (including phenoxy) is 1. The highest BCUT2D eigenvalue weighted by atomic mass is 79.9. The van der Waals surface area contributed by atoms with Gasteiger partial charge in [0.1, 0.15) is 11.6 Å². The van der Waals surface area contributed by atoms with Gasteiger partial charge >= 0.3 is 0 Å². The van der Waals surface area contributed by atoms with E-state index in [-0.39, 0.29) is 11.5 Å². The molecule has 0 radical (unpaired) electrons. The van der Waals surface area contributed by atoms with E-state index in [0.29, 0.717) is 23.3 Å². The molecule has 0 spiro atoms. The van der Waals surface area contributed by atoms with Crippen LogP contribution in [0.15, 0.2) is 53.6 Å². The fraction of sp³-hybridized carbons (Fsp3) is 0.286. The highest BCUT2D eigenvalue weighted by molar-refractivity contribution is 9.11. The molecule has 0 unspecified atom stereocenters. The van der Waals surface area contributed by atoms with E-state index in [1.807, 2.05) is 38.1 Å². The predicted molar refractivity (Wildman–Crippen MR) is 128 cm³/mol. The summed E-state index contributed by atoms with van der Waals surface area (Å²) in [5.41, 5.74) is 1.31. The average molecular weight is 586 g/mol. The van der Waals surface area contributed by atoms with Gasteiger partial charge in [-0.1, -0.05) is 29.8 Å². The first kappa shape index (κ1) is 22.2. The summed E-state index contributed by atoms with van der Waals surface area (Å²) in [6.45, 7) is 6.61. The predicted octanol–water partition coefficient (Wildman–Crippen LogP) is 6.48. The molecule has 5 nitrogen and oxygen atoms in total. The molecule has 0 bridgehead atoms. The summed E-state index contributed by atoms with van der Waals surface area (Å²) >= 11 is 10.5. The quantitative estimate of drug-likeness (QED) is 0.311. The number of hydrogen-bond acceptors (Lipinski definition) is 4. The van der Waals surface area contributed by atoms with Crippen molar-refractivity contribution >= 4 is 64.9 Å². The SMILES string of the molecule is CCOc1c(Br)cc(C=Nn2c([C@@H](C)CC)nc3ccc(Br)cc3c2=O)cc1Br. The smallest absolute Gasteiger partial charge is 0.282 e. The van der Waals surface area contributed by atoms with E-state index in [2.05, 4.69) is 59.8 Å². The lowest BCUT2D eigenvalue weighted by Crippen LogP contribution is -2.23. The molecule has 3 rings (SSSR count). The fourth-order valence-electron chi connectivity index (χ4n) is 2.84. The van der Waals surface area contributed by atoms with Crippen molar-refractivity contribution in [3.8, 4) is 5.75 Å². The highest BCUT2D eigenvalue weighted by Crippen LogP contribution is 2.34. The Morgan fingerprint density at radius 1 is 1.17 bits per heavy atom. The number of rotatable bonds is 6. The second kappa shape index (κ2) is 9.53. The van der Waals surface area contributed by atoms with Crippen LogP contribution < -0.4 is 10.3 Å². The van der Waals surface area contributed by atoms with Crippen LogP contribution >= 0.6 is 47.8 Å². The fourth-order valence-corrected chi connectivity index (χ4v) is 4.65.